The summed E-state index contributed by atoms with van der Waals surface area (Å²) in [7, 11) is 0. The van der Waals surface area contributed by atoms with Gasteiger partial charge in [0.05, 0.1) is 21.4 Å². The predicted octanol–water partition coefficient (Wildman–Crippen LogP) is 4.23. The first-order valence-electron chi connectivity index (χ1n) is 7.45. The number of hydrazone groups is 1. The average molecular weight is 509 g/mol. The number of hydrogen-bond donors (Lipinski definition) is 2. The van der Waals surface area contributed by atoms with Crippen LogP contribution in [0.3, 0.4) is 0 Å². The fraction of sp³-hybridized carbons (Fsp3) is 0.176. The number of amides is 1. The number of phenolic OH excluding ortho intramolecular Hbond substituents is 1. The first kappa shape index (κ1) is 20.6. The van der Waals surface area contributed by atoms with Crippen LogP contribution in [0, 0.1) is 3.57 Å². The third-order valence-electron chi connectivity index (χ3n) is 3.01. The lowest BCUT2D eigenvalue weighted by molar-refractivity contribution is -0.123. The first-order valence-corrected chi connectivity index (χ1v) is 9.29. The van der Waals surface area contributed by atoms with Crippen LogP contribution >= 0.6 is 45.8 Å². The molecule has 0 aliphatic heterocycles. The molecule has 2 N–H and O–H groups in total. The molecule has 0 atom stereocenters. The van der Waals surface area contributed by atoms with E-state index in [1.54, 1.807) is 24.3 Å². The zero-order valence-corrected chi connectivity index (χ0v) is 17.3. The van der Waals surface area contributed by atoms with Gasteiger partial charge < -0.3 is 14.6 Å². The Kier molecular flexibility index (Phi) is 7.80. The molecule has 0 aliphatic carbocycles. The number of carbonyl (C=O) groups excluding carboxylic acids is 1. The Balaban J connectivity index is 1.92. The lowest BCUT2D eigenvalue weighted by Gasteiger charge is -2.08. The van der Waals surface area contributed by atoms with Crippen molar-refractivity contribution >= 4 is 57.9 Å². The van der Waals surface area contributed by atoms with E-state index in [-0.39, 0.29) is 12.4 Å². The number of phenols is 1. The van der Waals surface area contributed by atoms with Gasteiger partial charge in [-0.3, -0.25) is 4.79 Å². The highest BCUT2D eigenvalue weighted by Gasteiger charge is 2.09. The van der Waals surface area contributed by atoms with Crippen LogP contribution in [0.25, 0.3) is 0 Å². The molecular weight excluding hydrogens is 494 g/mol. The molecule has 6 nitrogen and oxygen atoms in total. The molecule has 2 aromatic carbocycles. The molecule has 0 heterocycles. The van der Waals surface area contributed by atoms with Crippen molar-refractivity contribution in [1.82, 2.24) is 5.43 Å². The largest absolute Gasteiger partial charge is 0.504 e. The molecule has 0 unspecified atom stereocenters. The van der Waals surface area contributed by atoms with Crippen LogP contribution in [0.4, 0.5) is 0 Å². The van der Waals surface area contributed by atoms with Crippen molar-refractivity contribution in [2.45, 2.75) is 6.92 Å². The predicted molar refractivity (Wildman–Crippen MR) is 110 cm³/mol. The minimum Gasteiger partial charge on any atom is -0.504 e. The highest BCUT2D eigenvalue weighted by molar-refractivity contribution is 14.1. The normalized spacial score (nSPS) is 10.8. The summed E-state index contributed by atoms with van der Waals surface area (Å²) in [5, 5.41) is 14.6. The number of benzene rings is 2. The topological polar surface area (TPSA) is 80.2 Å². The van der Waals surface area contributed by atoms with Crippen LogP contribution in [0.15, 0.2) is 35.4 Å². The summed E-state index contributed by atoms with van der Waals surface area (Å²) in [6, 6.07) is 8.05. The lowest BCUT2D eigenvalue weighted by Crippen LogP contribution is -2.24. The summed E-state index contributed by atoms with van der Waals surface area (Å²) >= 11 is 13.7. The van der Waals surface area contributed by atoms with Gasteiger partial charge >= 0.3 is 0 Å². The van der Waals surface area contributed by atoms with Gasteiger partial charge in [0.1, 0.15) is 5.75 Å². The number of ether oxygens (including phenoxy) is 2. The van der Waals surface area contributed by atoms with Crippen LogP contribution in [0.2, 0.25) is 10.0 Å². The van der Waals surface area contributed by atoms with Crippen molar-refractivity contribution in [3.05, 3.63) is 49.5 Å². The molecule has 2 aromatic rings. The Morgan fingerprint density at radius 2 is 2.04 bits per heavy atom. The second-order valence-electron chi connectivity index (χ2n) is 4.94. The van der Waals surface area contributed by atoms with Crippen molar-refractivity contribution in [3.8, 4) is 17.2 Å². The molecule has 0 aromatic heterocycles. The van der Waals surface area contributed by atoms with E-state index in [1.165, 1.54) is 12.3 Å². The minimum atomic E-state index is -0.453. The molecule has 2 rings (SSSR count). The van der Waals surface area contributed by atoms with Gasteiger partial charge in [-0.1, -0.05) is 23.2 Å². The first-order chi connectivity index (χ1) is 12.4. The van der Waals surface area contributed by atoms with Gasteiger partial charge in [0.15, 0.2) is 18.1 Å². The van der Waals surface area contributed by atoms with Gasteiger partial charge in [0.25, 0.3) is 5.91 Å². The van der Waals surface area contributed by atoms with Gasteiger partial charge in [-0.15, -0.1) is 0 Å². The van der Waals surface area contributed by atoms with E-state index in [2.05, 4.69) is 10.5 Å². The third kappa shape index (κ3) is 5.93. The number of halogens is 3. The van der Waals surface area contributed by atoms with Crippen molar-refractivity contribution in [2.75, 3.05) is 13.2 Å². The van der Waals surface area contributed by atoms with Crippen LogP contribution < -0.4 is 14.9 Å². The summed E-state index contributed by atoms with van der Waals surface area (Å²) in [5.74, 6) is 0.324. The summed E-state index contributed by atoms with van der Waals surface area (Å²) in [6.07, 6.45) is 1.44. The Bertz CT molecular complexity index is 831. The lowest BCUT2D eigenvalue weighted by atomic mass is 10.2. The summed E-state index contributed by atoms with van der Waals surface area (Å²) in [6.45, 7) is 1.99. The molecule has 9 heteroatoms. The molecule has 0 spiro atoms. The summed E-state index contributed by atoms with van der Waals surface area (Å²) in [5.41, 5.74) is 3.01. The molecule has 138 valence electrons. The van der Waals surface area contributed by atoms with E-state index >= 15 is 0 Å². The van der Waals surface area contributed by atoms with Gasteiger partial charge in [0, 0.05) is 5.02 Å². The number of aromatic hydroxyl groups is 1. The van der Waals surface area contributed by atoms with Gasteiger partial charge in [-0.25, -0.2) is 5.43 Å². The number of carbonyl (C=O) groups is 1. The molecule has 1 amide bonds. The number of nitrogens with one attached hydrogen (secondary N) is 1. The standard InChI is InChI=1S/C17H15Cl2IN2O4/c1-2-25-15-6-10(5-13(20)17(15)24)8-21-22-16(23)9-26-14-4-3-11(18)7-12(14)19/h3-8,24H,2,9H2,1H3,(H,22,23). The highest BCUT2D eigenvalue weighted by atomic mass is 127. The summed E-state index contributed by atoms with van der Waals surface area (Å²) < 4.78 is 11.3. The quantitative estimate of drug-likeness (QED) is 0.333. The van der Waals surface area contributed by atoms with E-state index in [1.807, 2.05) is 29.5 Å². The average Bonchev–Trinajstić information content (AvgIpc) is 2.58. The van der Waals surface area contributed by atoms with E-state index in [9.17, 15) is 9.90 Å². The number of nitrogens with zero attached hydrogens (tertiary/aromatic N) is 1. The van der Waals surface area contributed by atoms with Crippen molar-refractivity contribution in [1.29, 1.82) is 0 Å². The highest BCUT2D eigenvalue weighted by Crippen LogP contribution is 2.32. The van der Waals surface area contributed by atoms with Gasteiger partial charge in [-0.05, 0) is 65.4 Å². The molecule has 0 radical (unpaired) electrons. The minimum absolute atomic E-state index is 0.0712. The Labute approximate surface area is 174 Å². The monoisotopic (exact) mass is 508 g/mol. The van der Waals surface area contributed by atoms with E-state index in [0.717, 1.165) is 0 Å². The fourth-order valence-electron chi connectivity index (χ4n) is 1.88. The molecule has 0 bridgehead atoms. The molecular formula is C17H15Cl2IN2O4. The molecule has 0 aliphatic rings. The van der Waals surface area contributed by atoms with Crippen molar-refractivity contribution in [2.24, 2.45) is 5.10 Å². The molecule has 0 fully saturated rings. The van der Waals surface area contributed by atoms with Crippen LogP contribution in [-0.4, -0.2) is 30.4 Å². The van der Waals surface area contributed by atoms with Crippen LogP contribution in [0.5, 0.6) is 17.2 Å². The number of hydrogen-bond acceptors (Lipinski definition) is 5. The van der Waals surface area contributed by atoms with Crippen LogP contribution in [0.1, 0.15) is 12.5 Å². The Morgan fingerprint density at radius 1 is 1.27 bits per heavy atom. The van der Waals surface area contributed by atoms with E-state index in [4.69, 9.17) is 32.7 Å². The number of rotatable bonds is 7. The van der Waals surface area contributed by atoms with Crippen LogP contribution in [-0.2, 0) is 4.79 Å². The second-order valence-corrected chi connectivity index (χ2v) is 6.94. The maximum atomic E-state index is 11.8. The van der Waals surface area contributed by atoms with Gasteiger partial charge in [-0.2, -0.15) is 5.10 Å². The fourth-order valence-corrected chi connectivity index (χ4v) is 2.97. The van der Waals surface area contributed by atoms with Crippen molar-refractivity contribution < 1.29 is 19.4 Å². The second kappa shape index (κ2) is 9.84. The smallest absolute Gasteiger partial charge is 0.277 e. The molecule has 0 saturated heterocycles. The van der Waals surface area contributed by atoms with E-state index < -0.39 is 5.91 Å². The molecule has 0 saturated carbocycles. The van der Waals surface area contributed by atoms with Gasteiger partial charge in [0.2, 0.25) is 0 Å². The maximum absolute atomic E-state index is 11.8. The Hall–Kier alpha value is -1.71. The SMILES string of the molecule is CCOc1cc(C=NNC(=O)COc2ccc(Cl)cc2Cl)cc(I)c1O. The molecule has 26 heavy (non-hydrogen) atoms. The zero-order chi connectivity index (χ0) is 19.1. The maximum Gasteiger partial charge on any atom is 0.277 e. The summed E-state index contributed by atoms with van der Waals surface area (Å²) in [4.78, 5) is 11.8. The van der Waals surface area contributed by atoms with Crippen molar-refractivity contribution in [3.63, 3.8) is 0 Å². The third-order valence-corrected chi connectivity index (χ3v) is 4.36. The van der Waals surface area contributed by atoms with E-state index in [0.29, 0.717) is 37.3 Å². The Morgan fingerprint density at radius 3 is 2.73 bits per heavy atom. The zero-order valence-electron chi connectivity index (χ0n) is 13.6.